The fourth-order valence-electron chi connectivity index (χ4n) is 3.76. The number of furan rings is 1. The van der Waals surface area contributed by atoms with E-state index in [0.29, 0.717) is 60.8 Å². The van der Waals surface area contributed by atoms with Crippen molar-refractivity contribution in [2.24, 2.45) is 0 Å². The number of hydrogen-bond donors (Lipinski definition) is 0. The van der Waals surface area contributed by atoms with Crippen LogP contribution in [-0.4, -0.2) is 83.6 Å². The normalized spacial score (nSPS) is 15.8. The predicted molar refractivity (Wildman–Crippen MR) is 118 cm³/mol. The molecule has 1 saturated heterocycles. The molecule has 3 aromatic heterocycles. The summed E-state index contributed by atoms with van der Waals surface area (Å²) in [5, 5.41) is 5.17. The Morgan fingerprint density at radius 2 is 1.97 bits per heavy atom. The van der Waals surface area contributed by atoms with E-state index in [2.05, 4.69) is 10.00 Å². The Bertz CT molecular complexity index is 1180. The zero-order valence-electron chi connectivity index (χ0n) is 18.0. The number of nitrogens with zero attached hydrogens (tertiary/aromatic N) is 5. The summed E-state index contributed by atoms with van der Waals surface area (Å²) in [6, 6.07) is 5.47. The molecular formula is C21H27N5O4S. The van der Waals surface area contributed by atoms with E-state index in [4.69, 9.17) is 9.40 Å². The van der Waals surface area contributed by atoms with E-state index in [0.717, 1.165) is 0 Å². The van der Waals surface area contributed by atoms with Gasteiger partial charge in [0.2, 0.25) is 0 Å². The van der Waals surface area contributed by atoms with E-state index in [1.807, 2.05) is 29.5 Å². The van der Waals surface area contributed by atoms with E-state index in [1.54, 1.807) is 24.6 Å². The summed E-state index contributed by atoms with van der Waals surface area (Å²) in [6.45, 7) is 6.90. The summed E-state index contributed by atoms with van der Waals surface area (Å²) in [5.41, 5.74) is 1.79. The van der Waals surface area contributed by atoms with Crippen molar-refractivity contribution < 1.29 is 17.6 Å². The Kier molecular flexibility index (Phi) is 5.85. The highest BCUT2D eigenvalue weighted by Crippen LogP contribution is 2.27. The van der Waals surface area contributed by atoms with Crippen molar-refractivity contribution in [3.05, 3.63) is 36.2 Å². The third-order valence-corrected chi connectivity index (χ3v) is 6.42. The van der Waals surface area contributed by atoms with Gasteiger partial charge in [0.1, 0.15) is 15.5 Å². The fraction of sp³-hybridized carbons (Fsp3) is 0.476. The van der Waals surface area contributed by atoms with Gasteiger partial charge >= 0.3 is 0 Å². The van der Waals surface area contributed by atoms with Crippen LogP contribution in [0.5, 0.6) is 0 Å². The number of amides is 1. The number of rotatable bonds is 6. The number of piperazine rings is 1. The Morgan fingerprint density at radius 1 is 1.23 bits per heavy atom. The average molecular weight is 446 g/mol. The van der Waals surface area contributed by atoms with Gasteiger partial charge in [-0.3, -0.25) is 9.69 Å². The Hall–Kier alpha value is -2.72. The highest BCUT2D eigenvalue weighted by atomic mass is 32.2. The zero-order valence-corrected chi connectivity index (χ0v) is 18.8. The minimum Gasteiger partial charge on any atom is -0.463 e. The lowest BCUT2D eigenvalue weighted by atomic mass is 10.1. The number of sulfone groups is 1. The lowest BCUT2D eigenvalue weighted by molar-refractivity contribution is 0.0646. The summed E-state index contributed by atoms with van der Waals surface area (Å²) in [5.74, 6) is 0.650. The number of fused-ring (bicyclic) bond motifs is 1. The monoisotopic (exact) mass is 445 g/mol. The molecule has 4 rings (SSSR count). The van der Waals surface area contributed by atoms with Gasteiger partial charge in [-0.05, 0) is 32.0 Å². The van der Waals surface area contributed by atoms with E-state index in [1.165, 1.54) is 6.26 Å². The van der Waals surface area contributed by atoms with Gasteiger partial charge in [0.15, 0.2) is 11.4 Å². The van der Waals surface area contributed by atoms with Gasteiger partial charge in [0, 0.05) is 45.0 Å². The van der Waals surface area contributed by atoms with Crippen LogP contribution >= 0.6 is 0 Å². The zero-order chi connectivity index (χ0) is 22.2. The van der Waals surface area contributed by atoms with Crippen LogP contribution < -0.4 is 0 Å². The third-order valence-electron chi connectivity index (χ3n) is 5.50. The van der Waals surface area contributed by atoms with Crippen molar-refractivity contribution in [1.82, 2.24) is 24.6 Å². The topological polar surface area (TPSA) is 102 Å². The fourth-order valence-corrected chi connectivity index (χ4v) is 4.35. The molecule has 1 amide bonds. The van der Waals surface area contributed by atoms with Crippen molar-refractivity contribution in [2.75, 3.05) is 44.7 Å². The van der Waals surface area contributed by atoms with Crippen LogP contribution in [0.2, 0.25) is 0 Å². The molecular weight excluding hydrogens is 418 g/mol. The van der Waals surface area contributed by atoms with E-state index >= 15 is 0 Å². The van der Waals surface area contributed by atoms with Crippen LogP contribution in [0.4, 0.5) is 0 Å². The number of carbonyl (C=O) groups is 1. The van der Waals surface area contributed by atoms with Crippen molar-refractivity contribution in [3.63, 3.8) is 0 Å². The molecule has 0 spiro atoms. The second-order valence-electron chi connectivity index (χ2n) is 8.22. The summed E-state index contributed by atoms with van der Waals surface area (Å²) < 4.78 is 30.2. The number of pyridine rings is 1. The molecule has 0 radical (unpaired) electrons. The maximum absolute atomic E-state index is 13.5. The molecule has 9 nitrogen and oxygen atoms in total. The molecule has 10 heteroatoms. The minimum atomic E-state index is -3.00. The van der Waals surface area contributed by atoms with E-state index in [-0.39, 0.29) is 17.7 Å². The van der Waals surface area contributed by atoms with Crippen LogP contribution in [0, 0.1) is 0 Å². The first-order valence-electron chi connectivity index (χ1n) is 10.3. The Morgan fingerprint density at radius 3 is 2.58 bits per heavy atom. The van der Waals surface area contributed by atoms with Gasteiger partial charge in [-0.25, -0.2) is 18.1 Å². The number of carbonyl (C=O) groups excluding carboxylic acids is 1. The van der Waals surface area contributed by atoms with Crippen LogP contribution in [0.1, 0.15) is 30.2 Å². The lowest BCUT2D eigenvalue weighted by Crippen LogP contribution is -2.49. The predicted octanol–water partition coefficient (Wildman–Crippen LogP) is 2.07. The van der Waals surface area contributed by atoms with Crippen molar-refractivity contribution in [3.8, 4) is 11.5 Å². The van der Waals surface area contributed by atoms with Gasteiger partial charge < -0.3 is 9.32 Å². The molecule has 0 atom stereocenters. The van der Waals surface area contributed by atoms with Gasteiger partial charge in [0.05, 0.1) is 29.2 Å². The smallest absolute Gasteiger partial charge is 0.254 e. The molecule has 1 aliphatic rings. The Balaban J connectivity index is 1.61. The van der Waals surface area contributed by atoms with Crippen LogP contribution in [-0.2, 0) is 9.84 Å². The quantitative estimate of drug-likeness (QED) is 0.572. The SMILES string of the molecule is CC(C)n1ncc2c(C(=O)N3CCN(CCS(C)(=O)=O)CC3)cc(-c3ccco3)nc21. The molecule has 0 saturated carbocycles. The molecule has 0 aliphatic carbocycles. The first-order chi connectivity index (χ1) is 14.7. The number of hydrogen-bond acceptors (Lipinski definition) is 7. The minimum absolute atomic E-state index is 0.0775. The molecule has 0 aromatic carbocycles. The highest BCUT2D eigenvalue weighted by molar-refractivity contribution is 7.90. The molecule has 166 valence electrons. The molecule has 31 heavy (non-hydrogen) atoms. The summed E-state index contributed by atoms with van der Waals surface area (Å²) in [4.78, 5) is 22.1. The highest BCUT2D eigenvalue weighted by Gasteiger charge is 2.26. The molecule has 0 bridgehead atoms. The number of aromatic nitrogens is 3. The lowest BCUT2D eigenvalue weighted by Gasteiger charge is -2.34. The first kappa shape index (κ1) is 21.5. The summed E-state index contributed by atoms with van der Waals surface area (Å²) in [7, 11) is -3.00. The molecule has 0 N–H and O–H groups in total. The van der Waals surface area contributed by atoms with Crippen LogP contribution in [0.3, 0.4) is 0 Å². The van der Waals surface area contributed by atoms with Crippen LogP contribution in [0.25, 0.3) is 22.5 Å². The second-order valence-corrected chi connectivity index (χ2v) is 10.5. The molecule has 1 aliphatic heterocycles. The molecule has 4 heterocycles. The Labute approximate surface area is 181 Å². The van der Waals surface area contributed by atoms with E-state index < -0.39 is 9.84 Å². The largest absolute Gasteiger partial charge is 0.463 e. The third kappa shape index (κ3) is 4.64. The van der Waals surface area contributed by atoms with E-state index in [9.17, 15) is 13.2 Å². The van der Waals surface area contributed by atoms with Gasteiger partial charge in [-0.2, -0.15) is 5.10 Å². The standard InChI is InChI=1S/C21H27N5O4S/c1-15(2)26-20-17(14-22-26)16(13-18(23-20)19-5-4-11-30-19)21(27)25-8-6-24(7-9-25)10-12-31(3,28)29/h4-5,11,13-15H,6-10,12H2,1-3H3. The molecule has 0 unspecified atom stereocenters. The first-order valence-corrected chi connectivity index (χ1v) is 12.4. The van der Waals surface area contributed by atoms with Gasteiger partial charge in [0.25, 0.3) is 5.91 Å². The van der Waals surface area contributed by atoms with Gasteiger partial charge in [-0.15, -0.1) is 0 Å². The van der Waals surface area contributed by atoms with Crippen molar-refractivity contribution in [1.29, 1.82) is 0 Å². The van der Waals surface area contributed by atoms with Crippen molar-refractivity contribution >= 4 is 26.8 Å². The second kappa shape index (κ2) is 8.43. The summed E-state index contributed by atoms with van der Waals surface area (Å²) >= 11 is 0. The average Bonchev–Trinajstić information content (AvgIpc) is 3.40. The maximum Gasteiger partial charge on any atom is 0.254 e. The van der Waals surface area contributed by atoms with Crippen LogP contribution in [0.15, 0.2) is 35.1 Å². The molecule has 3 aromatic rings. The van der Waals surface area contributed by atoms with Crippen molar-refractivity contribution in [2.45, 2.75) is 19.9 Å². The molecule has 1 fully saturated rings. The maximum atomic E-state index is 13.5. The summed E-state index contributed by atoms with van der Waals surface area (Å²) in [6.07, 6.45) is 4.53. The van der Waals surface area contributed by atoms with Gasteiger partial charge in [-0.1, -0.05) is 0 Å².